The Hall–Kier alpha value is -2.86. The highest BCUT2D eigenvalue weighted by Gasteiger charge is 2.39. The summed E-state index contributed by atoms with van der Waals surface area (Å²) in [6.07, 6.45) is 7.52. The Balaban J connectivity index is 1.50. The number of rotatable bonds is 10. The van der Waals surface area contributed by atoms with E-state index >= 15 is 0 Å². The number of hydrogen-bond donors (Lipinski definition) is 2. The van der Waals surface area contributed by atoms with Gasteiger partial charge in [0.25, 0.3) is 0 Å². The molecule has 2 aromatic carbocycles. The molecular formula is C31H44N4O2. The number of likely N-dealkylation sites (N-methyl/N-ethyl adjacent to an activating group) is 2. The quantitative estimate of drug-likeness (QED) is 0.486. The van der Waals surface area contributed by atoms with Crippen LogP contribution >= 0.6 is 0 Å². The van der Waals surface area contributed by atoms with Gasteiger partial charge < -0.3 is 20.4 Å². The molecule has 0 aromatic heterocycles. The number of anilines is 1. The van der Waals surface area contributed by atoms with Gasteiger partial charge in [0.15, 0.2) is 0 Å². The normalized spacial score (nSPS) is 19.9. The van der Waals surface area contributed by atoms with Crippen molar-refractivity contribution in [2.45, 2.75) is 76.9 Å². The number of benzene rings is 2. The highest BCUT2D eigenvalue weighted by molar-refractivity contribution is 5.90. The van der Waals surface area contributed by atoms with Crippen molar-refractivity contribution in [1.82, 2.24) is 15.5 Å². The number of amides is 2. The summed E-state index contributed by atoms with van der Waals surface area (Å²) in [6.45, 7) is 6.48. The van der Waals surface area contributed by atoms with Gasteiger partial charge in [0.1, 0.15) is 6.04 Å². The van der Waals surface area contributed by atoms with Crippen LogP contribution in [0.3, 0.4) is 0 Å². The standard InChI is InChI=1S/C31H44N4O2/c1-4-34(27-18-11-17-26(21-27)24-13-7-5-8-14-24)22-28-19-12-20-35(28)31(37)29(25-15-9-6-10-16-25)33-30(36)23(2)32-3/h5,7-8,11,13-14,17-18,21,23,25,28-29,32H,4,6,9-10,12,15-16,19-20,22H2,1-3H3,(H,33,36)/t23-,28-,29-/m0/s1. The van der Waals surface area contributed by atoms with Crippen molar-refractivity contribution in [1.29, 1.82) is 0 Å². The largest absolute Gasteiger partial charge is 0.370 e. The zero-order valence-corrected chi connectivity index (χ0v) is 22.8. The van der Waals surface area contributed by atoms with Crippen molar-refractivity contribution >= 4 is 17.5 Å². The molecule has 200 valence electrons. The van der Waals surface area contributed by atoms with Crippen LogP contribution in [-0.2, 0) is 9.59 Å². The van der Waals surface area contributed by atoms with Gasteiger partial charge in [-0.2, -0.15) is 0 Å². The summed E-state index contributed by atoms with van der Waals surface area (Å²) in [7, 11) is 1.78. The second-order valence-corrected chi connectivity index (χ2v) is 10.7. The predicted molar refractivity (Wildman–Crippen MR) is 152 cm³/mol. The van der Waals surface area contributed by atoms with Crippen molar-refractivity contribution in [3.05, 3.63) is 54.6 Å². The average Bonchev–Trinajstić information content (AvgIpc) is 3.43. The molecule has 1 aliphatic heterocycles. The van der Waals surface area contributed by atoms with Gasteiger partial charge in [0.05, 0.1) is 6.04 Å². The zero-order valence-electron chi connectivity index (χ0n) is 22.8. The Bertz CT molecular complexity index is 1020. The molecule has 1 saturated carbocycles. The van der Waals surface area contributed by atoms with Gasteiger partial charge in [0, 0.05) is 31.4 Å². The lowest BCUT2D eigenvalue weighted by Gasteiger charge is -2.37. The number of carbonyl (C=O) groups is 2. The predicted octanol–water partition coefficient (Wildman–Crippen LogP) is 4.84. The van der Waals surface area contributed by atoms with E-state index in [2.05, 4.69) is 75.9 Å². The third-order valence-electron chi connectivity index (χ3n) is 8.30. The minimum Gasteiger partial charge on any atom is -0.370 e. The van der Waals surface area contributed by atoms with Gasteiger partial charge in [0.2, 0.25) is 11.8 Å². The minimum absolute atomic E-state index is 0.0879. The number of nitrogens with one attached hydrogen (secondary N) is 2. The number of nitrogens with zero attached hydrogens (tertiary/aromatic N) is 2. The fraction of sp³-hybridized carbons (Fsp3) is 0.548. The second kappa shape index (κ2) is 13.1. The summed E-state index contributed by atoms with van der Waals surface area (Å²) in [5, 5.41) is 6.17. The number of hydrogen-bond acceptors (Lipinski definition) is 4. The van der Waals surface area contributed by atoms with E-state index in [9.17, 15) is 9.59 Å². The highest BCUT2D eigenvalue weighted by atomic mass is 16.2. The number of likely N-dealkylation sites (tertiary alicyclic amines) is 1. The van der Waals surface area contributed by atoms with E-state index in [1.807, 2.05) is 13.0 Å². The first-order chi connectivity index (χ1) is 18.0. The fourth-order valence-corrected chi connectivity index (χ4v) is 5.94. The summed E-state index contributed by atoms with van der Waals surface area (Å²) < 4.78 is 0. The Morgan fingerprint density at radius 1 is 0.973 bits per heavy atom. The van der Waals surface area contributed by atoms with Gasteiger partial charge in [-0.3, -0.25) is 9.59 Å². The molecule has 0 unspecified atom stereocenters. The lowest BCUT2D eigenvalue weighted by atomic mass is 9.83. The van der Waals surface area contributed by atoms with E-state index in [0.29, 0.717) is 0 Å². The van der Waals surface area contributed by atoms with Crippen LogP contribution in [-0.4, -0.2) is 61.5 Å². The summed E-state index contributed by atoms with van der Waals surface area (Å²) in [4.78, 5) is 31.3. The molecule has 6 nitrogen and oxygen atoms in total. The van der Waals surface area contributed by atoms with Gasteiger partial charge in [-0.05, 0) is 75.8 Å². The van der Waals surface area contributed by atoms with Crippen LogP contribution in [0.2, 0.25) is 0 Å². The Labute approximate surface area is 222 Å². The van der Waals surface area contributed by atoms with Crippen molar-refractivity contribution in [2.75, 3.05) is 31.6 Å². The Morgan fingerprint density at radius 3 is 2.41 bits per heavy atom. The Kier molecular flexibility index (Phi) is 9.62. The SMILES string of the molecule is CCN(C[C@@H]1CCCN1C(=O)[C@@H](NC(=O)[C@H](C)NC)C1CCCCC1)c1cccc(-c2ccccc2)c1. The maximum absolute atomic E-state index is 14.0. The van der Waals surface area contributed by atoms with Crippen LogP contribution in [0.5, 0.6) is 0 Å². The van der Waals surface area contributed by atoms with Crippen LogP contribution in [0.1, 0.15) is 58.8 Å². The third-order valence-corrected chi connectivity index (χ3v) is 8.30. The van der Waals surface area contributed by atoms with Crippen LogP contribution < -0.4 is 15.5 Å². The van der Waals surface area contributed by atoms with Gasteiger partial charge in [-0.1, -0.05) is 61.7 Å². The van der Waals surface area contributed by atoms with E-state index < -0.39 is 6.04 Å². The topological polar surface area (TPSA) is 64.7 Å². The maximum Gasteiger partial charge on any atom is 0.245 e. The molecule has 4 rings (SSSR count). The van der Waals surface area contributed by atoms with E-state index in [1.165, 1.54) is 23.2 Å². The van der Waals surface area contributed by atoms with Crippen molar-refractivity contribution in [3.63, 3.8) is 0 Å². The molecule has 1 heterocycles. The average molecular weight is 505 g/mol. The lowest BCUT2D eigenvalue weighted by molar-refractivity contribution is -0.139. The summed E-state index contributed by atoms with van der Waals surface area (Å²) >= 11 is 0. The molecule has 2 fully saturated rings. The van der Waals surface area contributed by atoms with Gasteiger partial charge in [-0.25, -0.2) is 0 Å². The molecule has 3 atom stereocenters. The van der Waals surface area contributed by atoms with Crippen molar-refractivity contribution in [2.24, 2.45) is 5.92 Å². The summed E-state index contributed by atoms with van der Waals surface area (Å²) in [6, 6.07) is 18.6. The molecule has 2 amide bonds. The first-order valence-corrected chi connectivity index (χ1v) is 14.2. The first kappa shape index (κ1) is 27.2. The van der Waals surface area contributed by atoms with Gasteiger partial charge in [-0.15, -0.1) is 0 Å². The molecule has 2 N–H and O–H groups in total. The first-order valence-electron chi connectivity index (χ1n) is 14.2. The van der Waals surface area contributed by atoms with Crippen LogP contribution in [0.15, 0.2) is 54.6 Å². The lowest BCUT2D eigenvalue weighted by Crippen LogP contribution is -2.57. The van der Waals surface area contributed by atoms with Crippen LogP contribution in [0.4, 0.5) is 5.69 Å². The second-order valence-electron chi connectivity index (χ2n) is 10.7. The molecule has 0 radical (unpaired) electrons. The molecule has 6 heteroatoms. The minimum atomic E-state index is -0.430. The monoisotopic (exact) mass is 504 g/mol. The van der Waals surface area contributed by atoms with Crippen LogP contribution in [0.25, 0.3) is 11.1 Å². The van der Waals surface area contributed by atoms with E-state index in [0.717, 1.165) is 58.2 Å². The molecule has 2 aromatic rings. The van der Waals surface area contributed by atoms with Crippen molar-refractivity contribution in [3.8, 4) is 11.1 Å². The Morgan fingerprint density at radius 2 is 1.70 bits per heavy atom. The highest BCUT2D eigenvalue weighted by Crippen LogP contribution is 2.31. The summed E-state index contributed by atoms with van der Waals surface area (Å²) in [5.74, 6) is 0.246. The van der Waals surface area contributed by atoms with E-state index in [-0.39, 0.29) is 29.8 Å². The smallest absolute Gasteiger partial charge is 0.245 e. The van der Waals surface area contributed by atoms with Gasteiger partial charge >= 0.3 is 0 Å². The maximum atomic E-state index is 14.0. The van der Waals surface area contributed by atoms with E-state index in [4.69, 9.17) is 0 Å². The fourth-order valence-electron chi connectivity index (χ4n) is 5.94. The molecule has 0 spiro atoms. The molecule has 1 saturated heterocycles. The number of carbonyl (C=O) groups excluding carboxylic acids is 2. The molecule has 2 aliphatic rings. The molecular weight excluding hydrogens is 460 g/mol. The summed E-state index contributed by atoms with van der Waals surface area (Å²) in [5.41, 5.74) is 3.60. The van der Waals surface area contributed by atoms with Crippen LogP contribution in [0, 0.1) is 5.92 Å². The molecule has 1 aliphatic carbocycles. The molecule has 0 bridgehead atoms. The zero-order chi connectivity index (χ0) is 26.2. The third kappa shape index (κ3) is 6.72. The molecule has 37 heavy (non-hydrogen) atoms. The van der Waals surface area contributed by atoms with Crippen molar-refractivity contribution < 1.29 is 9.59 Å². The van der Waals surface area contributed by atoms with E-state index in [1.54, 1.807) is 7.05 Å².